The second-order valence-corrected chi connectivity index (χ2v) is 5.12. The molecule has 6 heteroatoms. The van der Waals surface area contributed by atoms with Gasteiger partial charge in [0.05, 0.1) is 12.0 Å². The average molecular weight is 275 g/mol. The highest BCUT2D eigenvalue weighted by Gasteiger charge is 2.22. The smallest absolute Gasteiger partial charge is 0.196 e. The van der Waals surface area contributed by atoms with Crippen molar-refractivity contribution < 1.29 is 9.53 Å². The zero-order chi connectivity index (χ0) is 12.3. The molecule has 0 N–H and O–H groups in total. The van der Waals surface area contributed by atoms with E-state index in [2.05, 4.69) is 9.88 Å². The van der Waals surface area contributed by atoms with Crippen LogP contribution in [0.5, 0.6) is 0 Å². The molecule has 2 rings (SSSR count). The van der Waals surface area contributed by atoms with Crippen LogP contribution in [0.3, 0.4) is 0 Å². The average Bonchev–Trinajstić information content (AvgIpc) is 2.87. The van der Waals surface area contributed by atoms with Gasteiger partial charge in [-0.05, 0) is 12.8 Å². The van der Waals surface area contributed by atoms with Gasteiger partial charge < -0.3 is 9.64 Å². The summed E-state index contributed by atoms with van der Waals surface area (Å²) in [6.45, 7) is 1.82. The van der Waals surface area contributed by atoms with Crippen LogP contribution in [0.2, 0.25) is 0 Å². The van der Waals surface area contributed by atoms with E-state index in [-0.39, 0.29) is 17.8 Å². The third kappa shape index (κ3) is 2.97. The zero-order valence-corrected chi connectivity index (χ0v) is 11.3. The topological polar surface area (TPSA) is 42.4 Å². The fourth-order valence-corrected chi connectivity index (χ4v) is 2.91. The van der Waals surface area contributed by atoms with Crippen molar-refractivity contribution in [3.63, 3.8) is 0 Å². The van der Waals surface area contributed by atoms with Crippen LogP contribution >= 0.6 is 22.9 Å². The van der Waals surface area contributed by atoms with Crippen LogP contribution in [0.4, 0.5) is 5.13 Å². The maximum Gasteiger partial charge on any atom is 0.196 e. The fourth-order valence-electron chi connectivity index (χ4n) is 1.91. The Morgan fingerprint density at radius 1 is 1.76 bits per heavy atom. The molecule has 1 aliphatic rings. The summed E-state index contributed by atoms with van der Waals surface area (Å²) < 4.78 is 5.37. The van der Waals surface area contributed by atoms with Gasteiger partial charge in [-0.1, -0.05) is 0 Å². The first-order valence-corrected chi connectivity index (χ1v) is 6.98. The monoisotopic (exact) mass is 274 g/mol. The number of carbonyl (C=O) groups is 1. The van der Waals surface area contributed by atoms with E-state index < -0.39 is 0 Å². The van der Waals surface area contributed by atoms with E-state index in [1.54, 1.807) is 12.5 Å². The van der Waals surface area contributed by atoms with Crippen LogP contribution in [0.1, 0.15) is 23.3 Å². The number of ketones is 1. The molecule has 2 heterocycles. The van der Waals surface area contributed by atoms with E-state index in [1.165, 1.54) is 11.3 Å². The van der Waals surface area contributed by atoms with E-state index in [0.29, 0.717) is 5.69 Å². The minimum absolute atomic E-state index is 0.0101. The number of piperidine rings is 1. The molecular formula is C11H15ClN2O2S. The lowest BCUT2D eigenvalue weighted by Gasteiger charge is -2.31. The summed E-state index contributed by atoms with van der Waals surface area (Å²) in [6, 6.07) is 0. The molecule has 94 valence electrons. The van der Waals surface area contributed by atoms with E-state index in [0.717, 1.165) is 31.1 Å². The predicted octanol–water partition coefficient (Wildman–Crippen LogP) is 2.18. The quantitative estimate of drug-likeness (QED) is 0.623. The highest BCUT2D eigenvalue weighted by Crippen LogP contribution is 2.25. The van der Waals surface area contributed by atoms with Crippen molar-refractivity contribution >= 4 is 33.9 Å². The molecule has 1 aromatic rings. The molecule has 1 aliphatic heterocycles. The van der Waals surface area contributed by atoms with Crippen LogP contribution < -0.4 is 4.90 Å². The third-order valence-electron chi connectivity index (χ3n) is 2.88. The number of alkyl halides is 1. The molecule has 0 aromatic carbocycles. The molecule has 0 aliphatic carbocycles. The summed E-state index contributed by atoms with van der Waals surface area (Å²) in [4.78, 5) is 17.9. The number of hydrogen-bond acceptors (Lipinski definition) is 5. The summed E-state index contributed by atoms with van der Waals surface area (Å²) in [5, 5.41) is 2.66. The molecule has 0 spiro atoms. The Morgan fingerprint density at radius 3 is 3.29 bits per heavy atom. The first-order valence-electron chi connectivity index (χ1n) is 5.57. The summed E-state index contributed by atoms with van der Waals surface area (Å²) in [5.74, 6) is -0.126. The molecule has 1 fully saturated rings. The number of ether oxygens (including phenoxy) is 1. The number of nitrogens with zero attached hydrogens (tertiary/aromatic N) is 2. The highest BCUT2D eigenvalue weighted by atomic mass is 35.5. The SMILES string of the molecule is COC1CCCN(c2nc(C(=O)CCl)cs2)C1. The van der Waals surface area contributed by atoms with Gasteiger partial charge in [0.2, 0.25) is 0 Å². The number of thiazole rings is 1. The molecular weight excluding hydrogens is 260 g/mol. The molecule has 1 aromatic heterocycles. The number of Topliss-reactive ketones (excluding diaryl/α,β-unsaturated/α-hetero) is 1. The van der Waals surface area contributed by atoms with Crippen molar-refractivity contribution in [3.8, 4) is 0 Å². The van der Waals surface area contributed by atoms with Crippen molar-refractivity contribution in [3.05, 3.63) is 11.1 Å². The Balaban J connectivity index is 2.06. The summed E-state index contributed by atoms with van der Waals surface area (Å²) >= 11 is 7.00. The van der Waals surface area contributed by atoms with E-state index >= 15 is 0 Å². The number of methoxy groups -OCH3 is 1. The first-order chi connectivity index (χ1) is 8.24. The molecule has 1 saturated heterocycles. The van der Waals surface area contributed by atoms with Crippen LogP contribution in [0.25, 0.3) is 0 Å². The van der Waals surface area contributed by atoms with Crippen LogP contribution in [-0.2, 0) is 4.74 Å². The van der Waals surface area contributed by atoms with Gasteiger partial charge in [0.25, 0.3) is 0 Å². The van der Waals surface area contributed by atoms with E-state index in [9.17, 15) is 4.79 Å². The van der Waals surface area contributed by atoms with Gasteiger partial charge in [0.1, 0.15) is 5.69 Å². The molecule has 1 unspecified atom stereocenters. The van der Waals surface area contributed by atoms with Crippen molar-refractivity contribution in [1.29, 1.82) is 0 Å². The maximum atomic E-state index is 11.4. The summed E-state index contributed by atoms with van der Waals surface area (Å²) in [7, 11) is 1.73. The minimum atomic E-state index is -0.116. The molecule has 4 nitrogen and oxygen atoms in total. The molecule has 0 saturated carbocycles. The third-order valence-corrected chi connectivity index (χ3v) is 4.03. The van der Waals surface area contributed by atoms with Crippen molar-refractivity contribution in [2.24, 2.45) is 0 Å². The fraction of sp³-hybridized carbons (Fsp3) is 0.636. The summed E-state index contributed by atoms with van der Waals surface area (Å²) in [6.07, 6.45) is 2.45. The van der Waals surface area contributed by atoms with Crippen molar-refractivity contribution in [2.45, 2.75) is 18.9 Å². The number of rotatable bonds is 4. The largest absolute Gasteiger partial charge is 0.380 e. The maximum absolute atomic E-state index is 11.4. The molecule has 0 bridgehead atoms. The number of halogens is 1. The van der Waals surface area contributed by atoms with Gasteiger partial charge in [0, 0.05) is 25.6 Å². The Bertz CT molecular complexity index is 397. The number of hydrogen-bond donors (Lipinski definition) is 0. The lowest BCUT2D eigenvalue weighted by molar-refractivity contribution is 0.0893. The second-order valence-electron chi connectivity index (χ2n) is 4.02. The van der Waals surface area contributed by atoms with Crippen LogP contribution in [0.15, 0.2) is 5.38 Å². The second kappa shape index (κ2) is 5.80. The first kappa shape index (κ1) is 12.8. The van der Waals surface area contributed by atoms with Crippen LogP contribution in [-0.4, -0.2) is 43.0 Å². The normalized spacial score (nSPS) is 20.6. The molecule has 17 heavy (non-hydrogen) atoms. The van der Waals surface area contributed by atoms with Gasteiger partial charge >= 0.3 is 0 Å². The number of aromatic nitrogens is 1. The molecule has 0 amide bonds. The Kier molecular flexibility index (Phi) is 4.36. The van der Waals surface area contributed by atoms with Gasteiger partial charge in [-0.25, -0.2) is 4.98 Å². The Hall–Kier alpha value is -0.650. The lowest BCUT2D eigenvalue weighted by Crippen LogP contribution is -2.39. The lowest BCUT2D eigenvalue weighted by atomic mass is 10.1. The van der Waals surface area contributed by atoms with Crippen LogP contribution in [0, 0.1) is 0 Å². The van der Waals surface area contributed by atoms with E-state index in [4.69, 9.17) is 16.3 Å². The summed E-state index contributed by atoms with van der Waals surface area (Å²) in [5.41, 5.74) is 0.472. The predicted molar refractivity (Wildman–Crippen MR) is 69.4 cm³/mol. The molecule has 1 atom stereocenters. The van der Waals surface area contributed by atoms with Crippen molar-refractivity contribution in [1.82, 2.24) is 4.98 Å². The van der Waals surface area contributed by atoms with E-state index in [1.807, 2.05) is 0 Å². The Labute approximate surface area is 110 Å². The van der Waals surface area contributed by atoms with Gasteiger partial charge in [-0.3, -0.25) is 4.79 Å². The van der Waals surface area contributed by atoms with Gasteiger partial charge in [-0.2, -0.15) is 0 Å². The molecule has 0 radical (unpaired) electrons. The number of anilines is 1. The minimum Gasteiger partial charge on any atom is -0.380 e. The zero-order valence-electron chi connectivity index (χ0n) is 9.69. The van der Waals surface area contributed by atoms with Gasteiger partial charge in [-0.15, -0.1) is 22.9 Å². The van der Waals surface area contributed by atoms with Gasteiger partial charge in [0.15, 0.2) is 10.9 Å². The standard InChI is InChI=1S/C11H15ClN2O2S/c1-16-8-3-2-4-14(6-8)11-13-9(7-17-11)10(15)5-12/h7-8H,2-6H2,1H3. The number of carbonyl (C=O) groups excluding carboxylic acids is 1. The highest BCUT2D eigenvalue weighted by molar-refractivity contribution is 7.14. The van der Waals surface area contributed by atoms with Crippen molar-refractivity contribution in [2.75, 3.05) is 31.0 Å². The Morgan fingerprint density at radius 2 is 2.59 bits per heavy atom.